The Labute approximate surface area is 138 Å². The van der Waals surface area contributed by atoms with Gasteiger partial charge in [0, 0.05) is 25.0 Å². The summed E-state index contributed by atoms with van der Waals surface area (Å²) in [7, 11) is 1.89. The molecule has 0 N–H and O–H groups in total. The number of Topliss-reactive ketones (excluding diaryl/α,β-unsaturated/α-hetero) is 1. The van der Waals surface area contributed by atoms with Crippen LogP contribution in [0.15, 0.2) is 41.8 Å². The predicted molar refractivity (Wildman–Crippen MR) is 89.1 cm³/mol. The number of para-hydroxylation sites is 1. The van der Waals surface area contributed by atoms with Gasteiger partial charge < -0.3 is 4.57 Å². The lowest BCUT2D eigenvalue weighted by Gasteiger charge is -2.10. The van der Waals surface area contributed by atoms with Crippen LogP contribution in [0.4, 0.5) is 0 Å². The van der Waals surface area contributed by atoms with Crippen molar-refractivity contribution < 1.29 is 4.79 Å². The van der Waals surface area contributed by atoms with E-state index in [9.17, 15) is 4.79 Å². The molecule has 0 unspecified atom stereocenters. The molecule has 0 saturated heterocycles. The number of benzene rings is 1. The van der Waals surface area contributed by atoms with Crippen LogP contribution in [-0.4, -0.2) is 36.3 Å². The molecule has 0 saturated carbocycles. The maximum absolute atomic E-state index is 12.2. The van der Waals surface area contributed by atoms with Gasteiger partial charge in [-0.3, -0.25) is 4.79 Å². The van der Waals surface area contributed by atoms with Gasteiger partial charge in [0.1, 0.15) is 0 Å². The molecular weight excluding hydrogens is 310 g/mol. The normalized spacial score (nSPS) is 10.9. The Kier molecular flexibility index (Phi) is 4.29. The molecule has 2 aromatic heterocycles. The zero-order chi connectivity index (χ0) is 16.4. The average Bonchev–Trinajstić information content (AvgIpc) is 3.14. The van der Waals surface area contributed by atoms with Crippen molar-refractivity contribution in [2.45, 2.75) is 19.0 Å². The summed E-state index contributed by atoms with van der Waals surface area (Å²) < 4.78 is 3.56. The second kappa shape index (κ2) is 6.37. The SMILES string of the molecule is Cc1cccc(C)c1-n1nnnc1SCC(=O)c1ccn(C)c1. The smallest absolute Gasteiger partial charge is 0.214 e. The first-order chi connectivity index (χ1) is 11.1. The van der Waals surface area contributed by atoms with E-state index in [4.69, 9.17) is 0 Å². The fourth-order valence-electron chi connectivity index (χ4n) is 2.43. The van der Waals surface area contributed by atoms with Gasteiger partial charge in [0.25, 0.3) is 0 Å². The summed E-state index contributed by atoms with van der Waals surface area (Å²) >= 11 is 1.35. The molecule has 118 valence electrons. The maximum Gasteiger partial charge on any atom is 0.214 e. The Balaban J connectivity index is 1.81. The first-order valence-electron chi connectivity index (χ1n) is 7.19. The van der Waals surface area contributed by atoms with Crippen LogP contribution in [0.3, 0.4) is 0 Å². The lowest BCUT2D eigenvalue weighted by molar-refractivity contribution is 0.102. The van der Waals surface area contributed by atoms with E-state index in [1.165, 1.54) is 11.8 Å². The summed E-state index contributed by atoms with van der Waals surface area (Å²) in [6.45, 7) is 4.04. The van der Waals surface area contributed by atoms with Gasteiger partial charge >= 0.3 is 0 Å². The molecule has 0 radical (unpaired) electrons. The van der Waals surface area contributed by atoms with Crippen molar-refractivity contribution in [3.63, 3.8) is 0 Å². The van der Waals surface area contributed by atoms with Gasteiger partial charge in [0.05, 0.1) is 11.4 Å². The summed E-state index contributed by atoms with van der Waals surface area (Å²) in [5.41, 5.74) is 3.85. The second-order valence-corrected chi connectivity index (χ2v) is 6.33. The highest BCUT2D eigenvalue weighted by Crippen LogP contribution is 2.24. The Morgan fingerprint density at radius 1 is 1.22 bits per heavy atom. The third-order valence-corrected chi connectivity index (χ3v) is 4.50. The quantitative estimate of drug-likeness (QED) is 0.532. The molecule has 0 aliphatic heterocycles. The van der Waals surface area contributed by atoms with E-state index in [0.29, 0.717) is 16.5 Å². The maximum atomic E-state index is 12.2. The van der Waals surface area contributed by atoms with E-state index in [2.05, 4.69) is 15.5 Å². The number of rotatable bonds is 5. The van der Waals surface area contributed by atoms with Crippen molar-refractivity contribution in [2.24, 2.45) is 7.05 Å². The Bertz CT molecular complexity index is 832. The van der Waals surface area contributed by atoms with Crippen molar-refractivity contribution in [1.29, 1.82) is 0 Å². The molecular formula is C16H17N5OS. The molecule has 0 bridgehead atoms. The van der Waals surface area contributed by atoms with Gasteiger partial charge in [-0.2, -0.15) is 4.68 Å². The fraction of sp³-hybridized carbons (Fsp3) is 0.250. The summed E-state index contributed by atoms with van der Waals surface area (Å²) in [5.74, 6) is 0.363. The summed E-state index contributed by atoms with van der Waals surface area (Å²) in [4.78, 5) is 12.2. The van der Waals surface area contributed by atoms with Gasteiger partial charge in [-0.1, -0.05) is 30.0 Å². The van der Waals surface area contributed by atoms with Crippen LogP contribution in [0.1, 0.15) is 21.5 Å². The van der Waals surface area contributed by atoms with Crippen LogP contribution < -0.4 is 0 Å². The summed E-state index contributed by atoms with van der Waals surface area (Å²) in [6, 6.07) is 7.86. The number of hydrogen-bond donors (Lipinski definition) is 0. The number of carbonyl (C=O) groups is 1. The topological polar surface area (TPSA) is 65.6 Å². The highest BCUT2D eigenvalue weighted by molar-refractivity contribution is 7.99. The van der Waals surface area contributed by atoms with E-state index >= 15 is 0 Å². The molecule has 0 aliphatic rings. The minimum Gasteiger partial charge on any atom is -0.357 e. The Morgan fingerprint density at radius 2 is 1.96 bits per heavy atom. The zero-order valence-corrected chi connectivity index (χ0v) is 14.0. The molecule has 0 spiro atoms. The summed E-state index contributed by atoms with van der Waals surface area (Å²) in [5, 5.41) is 12.5. The largest absolute Gasteiger partial charge is 0.357 e. The molecule has 1 aromatic carbocycles. The van der Waals surface area contributed by atoms with Crippen LogP contribution in [0.2, 0.25) is 0 Å². The van der Waals surface area contributed by atoms with E-state index in [1.807, 2.05) is 62.1 Å². The monoisotopic (exact) mass is 327 g/mol. The van der Waals surface area contributed by atoms with Crippen molar-refractivity contribution in [3.05, 3.63) is 53.3 Å². The van der Waals surface area contributed by atoms with Crippen LogP contribution in [0.5, 0.6) is 0 Å². The number of nitrogens with zero attached hydrogens (tertiary/aromatic N) is 5. The lowest BCUT2D eigenvalue weighted by Crippen LogP contribution is -2.06. The average molecular weight is 327 g/mol. The van der Waals surface area contributed by atoms with Gasteiger partial charge in [-0.15, -0.1) is 5.10 Å². The van der Waals surface area contributed by atoms with E-state index in [0.717, 1.165) is 16.8 Å². The Hall–Kier alpha value is -2.41. The first-order valence-corrected chi connectivity index (χ1v) is 8.18. The minimum atomic E-state index is 0.0617. The molecule has 2 heterocycles. The molecule has 3 rings (SSSR count). The number of thioether (sulfide) groups is 1. The number of carbonyl (C=O) groups excluding carboxylic acids is 1. The second-order valence-electron chi connectivity index (χ2n) is 5.39. The van der Waals surface area contributed by atoms with Crippen LogP contribution in [0, 0.1) is 13.8 Å². The van der Waals surface area contributed by atoms with Gasteiger partial charge in [0.2, 0.25) is 5.16 Å². The van der Waals surface area contributed by atoms with Gasteiger partial charge in [0.15, 0.2) is 5.78 Å². The molecule has 6 nitrogen and oxygen atoms in total. The first kappa shape index (κ1) is 15.5. The standard InChI is InChI=1S/C16H17N5OS/c1-11-5-4-6-12(2)15(11)21-16(17-18-19-21)23-10-14(22)13-7-8-20(3)9-13/h4-9H,10H2,1-3H3. The lowest BCUT2D eigenvalue weighted by atomic mass is 10.1. The third kappa shape index (κ3) is 3.19. The number of aryl methyl sites for hydroxylation is 3. The number of tetrazole rings is 1. The molecule has 7 heteroatoms. The molecule has 23 heavy (non-hydrogen) atoms. The fourth-order valence-corrected chi connectivity index (χ4v) is 3.20. The zero-order valence-electron chi connectivity index (χ0n) is 13.2. The van der Waals surface area contributed by atoms with E-state index in [-0.39, 0.29) is 5.78 Å². The van der Waals surface area contributed by atoms with E-state index < -0.39 is 0 Å². The number of ketones is 1. The van der Waals surface area contributed by atoms with Gasteiger partial charge in [-0.05, 0) is 41.5 Å². The third-order valence-electron chi connectivity index (χ3n) is 3.58. The van der Waals surface area contributed by atoms with Crippen molar-refractivity contribution in [3.8, 4) is 5.69 Å². The number of aromatic nitrogens is 5. The highest BCUT2D eigenvalue weighted by atomic mass is 32.2. The molecule has 3 aromatic rings. The molecule has 0 atom stereocenters. The van der Waals surface area contributed by atoms with Crippen LogP contribution in [0.25, 0.3) is 5.69 Å². The van der Waals surface area contributed by atoms with Crippen LogP contribution >= 0.6 is 11.8 Å². The van der Waals surface area contributed by atoms with E-state index in [1.54, 1.807) is 4.68 Å². The van der Waals surface area contributed by atoms with Crippen LogP contribution in [-0.2, 0) is 7.05 Å². The van der Waals surface area contributed by atoms with Crippen molar-refractivity contribution in [1.82, 2.24) is 24.8 Å². The van der Waals surface area contributed by atoms with Crippen molar-refractivity contribution in [2.75, 3.05) is 5.75 Å². The molecule has 0 amide bonds. The Morgan fingerprint density at radius 3 is 2.61 bits per heavy atom. The van der Waals surface area contributed by atoms with Crippen molar-refractivity contribution >= 4 is 17.5 Å². The van der Waals surface area contributed by atoms with Gasteiger partial charge in [-0.25, -0.2) is 0 Å². The summed E-state index contributed by atoms with van der Waals surface area (Å²) in [6.07, 6.45) is 3.68. The number of hydrogen-bond acceptors (Lipinski definition) is 5. The minimum absolute atomic E-state index is 0.0617. The molecule has 0 aliphatic carbocycles. The molecule has 0 fully saturated rings. The highest BCUT2D eigenvalue weighted by Gasteiger charge is 2.15. The predicted octanol–water partition coefficient (Wildman–Crippen LogP) is 2.59.